The van der Waals surface area contributed by atoms with Gasteiger partial charge in [-0.05, 0) is 41.5 Å². The van der Waals surface area contributed by atoms with Crippen molar-refractivity contribution >= 4 is 23.5 Å². The molecule has 1 amide bonds. The Hall–Kier alpha value is -2.92. The summed E-state index contributed by atoms with van der Waals surface area (Å²) in [5, 5.41) is 0.693. The van der Waals surface area contributed by atoms with Crippen molar-refractivity contribution in [1.29, 1.82) is 0 Å². The van der Waals surface area contributed by atoms with Gasteiger partial charge in [-0.2, -0.15) is 0 Å². The molecule has 1 heterocycles. The summed E-state index contributed by atoms with van der Waals surface area (Å²) in [5.41, 5.74) is 2.71. The van der Waals surface area contributed by atoms with Gasteiger partial charge in [-0.3, -0.25) is 4.79 Å². The van der Waals surface area contributed by atoms with Crippen LogP contribution < -0.4 is 4.90 Å². The molecule has 0 aliphatic carbocycles. The van der Waals surface area contributed by atoms with Gasteiger partial charge in [-0.1, -0.05) is 35.9 Å². The van der Waals surface area contributed by atoms with Gasteiger partial charge in [0.25, 0.3) is 5.91 Å². The number of hydrogen-bond acceptors (Lipinski definition) is 4. The van der Waals surface area contributed by atoms with E-state index in [4.69, 9.17) is 11.6 Å². The molecule has 3 aromatic rings. The first-order chi connectivity index (χ1) is 13.0. The Labute approximate surface area is 164 Å². The van der Waals surface area contributed by atoms with Gasteiger partial charge in [-0.25, -0.2) is 9.97 Å². The second-order valence-electron chi connectivity index (χ2n) is 6.28. The second kappa shape index (κ2) is 8.64. The number of anilines is 1. The maximum atomic E-state index is 12.7. The molecule has 0 saturated carbocycles. The molecule has 0 atom stereocenters. The molecule has 1 aromatic heterocycles. The fourth-order valence-corrected chi connectivity index (χ4v) is 2.87. The molecule has 0 N–H and O–H groups in total. The molecule has 0 spiro atoms. The highest BCUT2D eigenvalue weighted by atomic mass is 35.5. The van der Waals surface area contributed by atoms with Crippen molar-refractivity contribution in [2.24, 2.45) is 0 Å². The van der Waals surface area contributed by atoms with Crippen LogP contribution in [0.25, 0.3) is 11.1 Å². The number of carbonyl (C=O) groups excluding carboxylic acids is 1. The van der Waals surface area contributed by atoms with Crippen molar-refractivity contribution in [3.05, 3.63) is 77.6 Å². The Morgan fingerprint density at radius 3 is 2.30 bits per heavy atom. The number of halogens is 1. The minimum absolute atomic E-state index is 0.0185. The van der Waals surface area contributed by atoms with Crippen LogP contribution >= 0.6 is 11.6 Å². The summed E-state index contributed by atoms with van der Waals surface area (Å²) < 4.78 is 0. The molecule has 0 bridgehead atoms. The molecule has 0 aliphatic rings. The van der Waals surface area contributed by atoms with E-state index in [1.54, 1.807) is 30.4 Å². The first-order valence-corrected chi connectivity index (χ1v) is 9.02. The van der Waals surface area contributed by atoms with E-state index in [-0.39, 0.29) is 5.91 Å². The minimum Gasteiger partial charge on any atom is -0.342 e. The molecular formula is C21H21ClN4O. The smallest absolute Gasteiger partial charge is 0.253 e. The number of amides is 1. The first kappa shape index (κ1) is 18.9. The van der Waals surface area contributed by atoms with Crippen LogP contribution in [0.2, 0.25) is 5.02 Å². The number of benzene rings is 2. The molecule has 3 rings (SSSR count). The van der Waals surface area contributed by atoms with Crippen LogP contribution in [0.5, 0.6) is 0 Å². The van der Waals surface area contributed by atoms with Crippen molar-refractivity contribution < 1.29 is 4.79 Å². The fourth-order valence-electron chi connectivity index (χ4n) is 2.68. The second-order valence-corrected chi connectivity index (χ2v) is 6.72. The number of rotatable bonds is 6. The summed E-state index contributed by atoms with van der Waals surface area (Å²) in [6.45, 7) is 1.22. The summed E-state index contributed by atoms with van der Waals surface area (Å²) in [6.07, 6.45) is 3.41. The Bertz CT molecular complexity index is 900. The van der Waals surface area contributed by atoms with Gasteiger partial charge in [0.2, 0.25) is 5.95 Å². The Balaban J connectivity index is 1.61. The monoisotopic (exact) mass is 380 g/mol. The molecule has 27 heavy (non-hydrogen) atoms. The third-order valence-corrected chi connectivity index (χ3v) is 4.54. The SMILES string of the molecule is CN(CCN(C)c1ncccn1)C(=O)c1ccc(-c2cccc(Cl)c2)cc1. The highest BCUT2D eigenvalue weighted by molar-refractivity contribution is 6.30. The predicted molar refractivity (Wildman–Crippen MR) is 109 cm³/mol. The Kier molecular flexibility index (Phi) is 6.04. The number of nitrogens with zero attached hydrogens (tertiary/aromatic N) is 4. The van der Waals surface area contributed by atoms with Crippen molar-refractivity contribution in [2.75, 3.05) is 32.1 Å². The van der Waals surface area contributed by atoms with Gasteiger partial charge in [0.1, 0.15) is 0 Å². The maximum absolute atomic E-state index is 12.7. The summed E-state index contributed by atoms with van der Waals surface area (Å²) in [5.74, 6) is 0.624. The van der Waals surface area contributed by atoms with Crippen LogP contribution in [0, 0.1) is 0 Å². The van der Waals surface area contributed by atoms with E-state index in [1.807, 2.05) is 60.5 Å². The van der Waals surface area contributed by atoms with Crippen LogP contribution in [0.4, 0.5) is 5.95 Å². The molecule has 0 unspecified atom stereocenters. The van der Waals surface area contributed by atoms with E-state index >= 15 is 0 Å². The molecule has 138 valence electrons. The molecule has 0 aliphatic heterocycles. The summed E-state index contributed by atoms with van der Waals surface area (Å²) in [7, 11) is 3.71. The van der Waals surface area contributed by atoms with Crippen LogP contribution in [0.3, 0.4) is 0 Å². The molecule has 0 fully saturated rings. The Morgan fingerprint density at radius 2 is 1.63 bits per heavy atom. The zero-order chi connectivity index (χ0) is 19.2. The maximum Gasteiger partial charge on any atom is 0.253 e. The van der Waals surface area contributed by atoms with Gasteiger partial charge < -0.3 is 9.80 Å². The molecule has 5 nitrogen and oxygen atoms in total. The van der Waals surface area contributed by atoms with Crippen molar-refractivity contribution in [3.8, 4) is 11.1 Å². The Morgan fingerprint density at radius 1 is 0.926 bits per heavy atom. The van der Waals surface area contributed by atoms with E-state index in [1.165, 1.54) is 0 Å². The average Bonchev–Trinajstić information content (AvgIpc) is 2.72. The topological polar surface area (TPSA) is 49.3 Å². The van der Waals surface area contributed by atoms with E-state index in [9.17, 15) is 4.79 Å². The van der Waals surface area contributed by atoms with E-state index in [0.717, 1.165) is 11.1 Å². The molecule has 0 radical (unpaired) electrons. The van der Waals surface area contributed by atoms with Gasteiger partial charge in [0.15, 0.2) is 0 Å². The normalized spacial score (nSPS) is 10.5. The van der Waals surface area contributed by atoms with E-state index in [0.29, 0.717) is 29.6 Å². The lowest BCUT2D eigenvalue weighted by molar-refractivity contribution is 0.0798. The van der Waals surface area contributed by atoms with Crippen molar-refractivity contribution in [3.63, 3.8) is 0 Å². The van der Waals surface area contributed by atoms with Gasteiger partial charge in [-0.15, -0.1) is 0 Å². The standard InChI is InChI=1S/C21H21ClN4O/c1-25(13-14-26(2)21-23-11-4-12-24-21)20(27)17-9-7-16(8-10-17)18-5-3-6-19(22)15-18/h3-12,15H,13-14H2,1-2H3. The summed E-state index contributed by atoms with van der Waals surface area (Å²) >= 11 is 6.05. The van der Waals surface area contributed by atoms with Crippen LogP contribution in [0.1, 0.15) is 10.4 Å². The number of likely N-dealkylation sites (N-methyl/N-ethyl adjacent to an activating group) is 2. The van der Waals surface area contributed by atoms with Crippen molar-refractivity contribution in [2.45, 2.75) is 0 Å². The average molecular weight is 381 g/mol. The predicted octanol–water partition coefficient (Wildman–Crippen LogP) is 4.01. The van der Waals surface area contributed by atoms with Gasteiger partial charge in [0.05, 0.1) is 0 Å². The lowest BCUT2D eigenvalue weighted by Gasteiger charge is -2.22. The quantitative estimate of drug-likeness (QED) is 0.648. The molecule has 2 aromatic carbocycles. The number of carbonyl (C=O) groups is 1. The molecule has 6 heteroatoms. The van der Waals surface area contributed by atoms with Crippen molar-refractivity contribution in [1.82, 2.24) is 14.9 Å². The minimum atomic E-state index is -0.0185. The van der Waals surface area contributed by atoms with Gasteiger partial charge in [0, 0.05) is 50.2 Å². The third kappa shape index (κ3) is 4.83. The first-order valence-electron chi connectivity index (χ1n) is 8.64. The largest absolute Gasteiger partial charge is 0.342 e. The zero-order valence-electron chi connectivity index (χ0n) is 15.3. The van der Waals surface area contributed by atoms with Crippen LogP contribution in [-0.4, -0.2) is 48.0 Å². The van der Waals surface area contributed by atoms with Gasteiger partial charge >= 0.3 is 0 Å². The third-order valence-electron chi connectivity index (χ3n) is 4.30. The van der Waals surface area contributed by atoms with E-state index < -0.39 is 0 Å². The lowest BCUT2D eigenvalue weighted by Crippen LogP contribution is -2.35. The summed E-state index contributed by atoms with van der Waals surface area (Å²) in [6, 6.07) is 17.0. The zero-order valence-corrected chi connectivity index (χ0v) is 16.1. The lowest BCUT2D eigenvalue weighted by atomic mass is 10.0. The van der Waals surface area contributed by atoms with Crippen LogP contribution in [-0.2, 0) is 0 Å². The highest BCUT2D eigenvalue weighted by Crippen LogP contribution is 2.23. The van der Waals surface area contributed by atoms with Crippen LogP contribution in [0.15, 0.2) is 67.0 Å². The number of hydrogen-bond donors (Lipinski definition) is 0. The highest BCUT2D eigenvalue weighted by Gasteiger charge is 2.13. The molecule has 0 saturated heterocycles. The summed E-state index contributed by atoms with van der Waals surface area (Å²) in [4.78, 5) is 24.7. The van der Waals surface area contributed by atoms with E-state index in [2.05, 4.69) is 9.97 Å². The molecular weight excluding hydrogens is 360 g/mol. The fraction of sp³-hybridized carbons (Fsp3) is 0.190. The number of aromatic nitrogens is 2.